The van der Waals surface area contributed by atoms with E-state index in [4.69, 9.17) is 0 Å². The highest BCUT2D eigenvalue weighted by atomic mass is 32.2. The Morgan fingerprint density at radius 2 is 1.57 bits per heavy atom. The summed E-state index contributed by atoms with van der Waals surface area (Å²) < 4.78 is 65.8. The van der Waals surface area contributed by atoms with E-state index in [0.29, 0.717) is 44.6 Å². The van der Waals surface area contributed by atoms with Gasteiger partial charge in [0.1, 0.15) is 0 Å². The number of sulfonamides is 1. The van der Waals surface area contributed by atoms with Crippen LogP contribution in [0, 0.1) is 0 Å². The molecule has 0 spiro atoms. The summed E-state index contributed by atoms with van der Waals surface area (Å²) in [7, 11) is -3.95. The lowest BCUT2D eigenvalue weighted by molar-refractivity contribution is -0.137. The molecule has 4 rings (SSSR count). The zero-order chi connectivity index (χ0) is 22.6. The Labute approximate surface area is 174 Å². The molecule has 10 heteroatoms. The van der Waals surface area contributed by atoms with Crippen molar-refractivity contribution in [1.82, 2.24) is 5.32 Å². The fourth-order valence-electron chi connectivity index (χ4n) is 3.96. The Morgan fingerprint density at radius 1 is 1.03 bits per heavy atom. The Balaban J connectivity index is 1.95. The molecular formula is C20H27F3N2O4S. The number of aliphatic hydroxyl groups is 1. The minimum Gasteiger partial charge on any atom is -0.390 e. The second-order valence-electron chi connectivity index (χ2n) is 9.43. The van der Waals surface area contributed by atoms with Crippen LogP contribution in [0.2, 0.25) is 0 Å². The fourth-order valence-corrected chi connectivity index (χ4v) is 4.73. The quantitative estimate of drug-likeness (QED) is 0.653. The van der Waals surface area contributed by atoms with Crippen LogP contribution in [0.25, 0.3) is 0 Å². The third kappa shape index (κ3) is 4.44. The normalized spacial score (nSPS) is 27.0. The first-order valence-electron chi connectivity index (χ1n) is 9.85. The molecular weight excluding hydrogens is 421 g/mol. The smallest absolute Gasteiger partial charge is 0.390 e. The largest absolute Gasteiger partial charge is 0.416 e. The number of fused-ring (bicyclic) bond motifs is 3. The van der Waals surface area contributed by atoms with Crippen molar-refractivity contribution in [3.8, 4) is 0 Å². The van der Waals surface area contributed by atoms with Crippen molar-refractivity contribution in [2.75, 3.05) is 4.72 Å². The molecule has 3 fully saturated rings. The number of alkyl halides is 3. The SMILES string of the molecule is CC(C)(C)S(=O)(=O)Nc1ccc(C(F)(F)F)cc1C(=O)NC12CCC(O)(CC1)CC2. The third-order valence-corrected chi connectivity index (χ3v) is 8.33. The number of benzene rings is 1. The Bertz CT molecular complexity index is 927. The molecule has 3 N–H and O–H groups in total. The molecule has 0 atom stereocenters. The van der Waals surface area contributed by atoms with E-state index in [0.717, 1.165) is 12.1 Å². The molecule has 1 aromatic rings. The molecule has 0 unspecified atom stereocenters. The maximum absolute atomic E-state index is 13.2. The minimum atomic E-state index is -4.68. The summed E-state index contributed by atoms with van der Waals surface area (Å²) in [6.07, 6.45) is -1.56. The molecule has 6 nitrogen and oxygen atoms in total. The lowest BCUT2D eigenvalue weighted by Gasteiger charge is -2.51. The van der Waals surface area contributed by atoms with Crippen LogP contribution in [0.15, 0.2) is 18.2 Å². The van der Waals surface area contributed by atoms with Gasteiger partial charge < -0.3 is 10.4 Å². The van der Waals surface area contributed by atoms with E-state index in [9.17, 15) is 31.5 Å². The first kappa shape index (κ1) is 22.9. The van der Waals surface area contributed by atoms with Gasteiger partial charge in [0.15, 0.2) is 0 Å². The van der Waals surface area contributed by atoms with Crippen molar-refractivity contribution in [2.45, 2.75) is 81.4 Å². The highest BCUT2D eigenvalue weighted by molar-refractivity contribution is 7.94. The van der Waals surface area contributed by atoms with Crippen LogP contribution in [0.5, 0.6) is 0 Å². The number of anilines is 1. The maximum atomic E-state index is 13.2. The Kier molecular flexibility index (Phi) is 5.42. The number of hydrogen-bond acceptors (Lipinski definition) is 4. The molecule has 0 saturated heterocycles. The predicted molar refractivity (Wildman–Crippen MR) is 107 cm³/mol. The van der Waals surface area contributed by atoms with Crippen LogP contribution in [0.4, 0.5) is 18.9 Å². The molecule has 2 bridgehead atoms. The number of hydrogen-bond donors (Lipinski definition) is 3. The Morgan fingerprint density at radius 3 is 2.03 bits per heavy atom. The van der Waals surface area contributed by atoms with Crippen LogP contribution >= 0.6 is 0 Å². The first-order valence-corrected chi connectivity index (χ1v) is 11.3. The molecule has 1 aromatic carbocycles. The van der Waals surface area contributed by atoms with Gasteiger partial charge in [-0.25, -0.2) is 8.42 Å². The summed E-state index contributed by atoms with van der Waals surface area (Å²) in [5.41, 5.74) is -2.94. The van der Waals surface area contributed by atoms with Crippen LogP contribution < -0.4 is 10.0 Å². The number of rotatable bonds is 4. The topological polar surface area (TPSA) is 95.5 Å². The monoisotopic (exact) mass is 448 g/mol. The number of carbonyl (C=O) groups excluding carboxylic acids is 1. The van der Waals surface area contributed by atoms with Crippen molar-refractivity contribution >= 4 is 21.6 Å². The lowest BCUT2D eigenvalue weighted by atomic mass is 9.63. The second kappa shape index (κ2) is 7.12. The van der Waals surface area contributed by atoms with Crippen LogP contribution in [-0.2, 0) is 16.2 Å². The van der Waals surface area contributed by atoms with E-state index in [-0.39, 0.29) is 11.3 Å². The number of halogens is 3. The standard InChI is InChI=1S/C20H27F3N2O4S/c1-17(2,3)30(28,29)25-15-5-4-13(20(21,22)23)12-14(15)16(26)24-18-6-9-19(27,10-7-18)11-8-18/h4-5,12,25,27H,6-11H2,1-3H3,(H,24,26). The van der Waals surface area contributed by atoms with E-state index in [1.165, 1.54) is 20.8 Å². The zero-order valence-corrected chi connectivity index (χ0v) is 18.0. The molecule has 3 aliphatic rings. The van der Waals surface area contributed by atoms with Gasteiger partial charge in [-0.15, -0.1) is 0 Å². The highest BCUT2D eigenvalue weighted by Crippen LogP contribution is 2.47. The molecule has 3 saturated carbocycles. The van der Waals surface area contributed by atoms with Gasteiger partial charge in [-0.1, -0.05) is 0 Å². The van der Waals surface area contributed by atoms with Crippen molar-refractivity contribution < 1.29 is 31.5 Å². The van der Waals surface area contributed by atoms with Crippen molar-refractivity contribution in [3.63, 3.8) is 0 Å². The van der Waals surface area contributed by atoms with Gasteiger partial charge in [0.2, 0.25) is 10.0 Å². The minimum absolute atomic E-state index is 0.199. The molecule has 0 aromatic heterocycles. The van der Waals surface area contributed by atoms with Crippen molar-refractivity contribution in [3.05, 3.63) is 29.3 Å². The number of carbonyl (C=O) groups is 1. The van der Waals surface area contributed by atoms with E-state index in [2.05, 4.69) is 10.0 Å². The highest BCUT2D eigenvalue weighted by Gasteiger charge is 2.48. The lowest BCUT2D eigenvalue weighted by Crippen LogP contribution is -2.58. The summed E-state index contributed by atoms with van der Waals surface area (Å²) in [5, 5.41) is 13.2. The molecule has 0 radical (unpaired) electrons. The molecule has 168 valence electrons. The maximum Gasteiger partial charge on any atom is 0.416 e. The summed E-state index contributed by atoms with van der Waals surface area (Å²) in [5.74, 6) is -0.764. The predicted octanol–water partition coefficient (Wildman–Crippen LogP) is 3.81. The van der Waals surface area contributed by atoms with Gasteiger partial charge in [-0.05, 0) is 77.5 Å². The van der Waals surface area contributed by atoms with Crippen LogP contribution in [0.1, 0.15) is 75.2 Å². The summed E-state index contributed by atoms with van der Waals surface area (Å²) in [6.45, 7) is 4.34. The van der Waals surface area contributed by atoms with Gasteiger partial charge >= 0.3 is 6.18 Å². The molecule has 0 aliphatic heterocycles. The molecule has 0 heterocycles. The van der Waals surface area contributed by atoms with Crippen LogP contribution in [-0.4, -0.2) is 35.3 Å². The average Bonchev–Trinajstić information content (AvgIpc) is 2.61. The summed E-state index contributed by atoms with van der Waals surface area (Å²) in [6, 6.07) is 2.39. The van der Waals surface area contributed by atoms with E-state index >= 15 is 0 Å². The van der Waals surface area contributed by atoms with Crippen LogP contribution in [0.3, 0.4) is 0 Å². The second-order valence-corrected chi connectivity index (χ2v) is 11.9. The molecule has 3 aliphatic carbocycles. The van der Waals surface area contributed by atoms with Gasteiger partial charge in [-0.3, -0.25) is 9.52 Å². The van der Waals surface area contributed by atoms with E-state index < -0.39 is 43.6 Å². The number of amides is 1. The zero-order valence-electron chi connectivity index (χ0n) is 17.2. The van der Waals surface area contributed by atoms with Crippen molar-refractivity contribution in [2.24, 2.45) is 0 Å². The van der Waals surface area contributed by atoms with Gasteiger partial charge in [0.05, 0.1) is 27.2 Å². The van der Waals surface area contributed by atoms with E-state index in [1.807, 2.05) is 0 Å². The fraction of sp³-hybridized carbons (Fsp3) is 0.650. The van der Waals surface area contributed by atoms with Crippen molar-refractivity contribution in [1.29, 1.82) is 0 Å². The van der Waals surface area contributed by atoms with Gasteiger partial charge in [0.25, 0.3) is 5.91 Å². The van der Waals surface area contributed by atoms with E-state index in [1.54, 1.807) is 0 Å². The number of nitrogens with one attached hydrogen (secondary N) is 2. The van der Waals surface area contributed by atoms with Gasteiger partial charge in [-0.2, -0.15) is 13.2 Å². The van der Waals surface area contributed by atoms with Gasteiger partial charge in [0, 0.05) is 5.54 Å². The molecule has 30 heavy (non-hydrogen) atoms. The molecule has 1 amide bonds. The summed E-state index contributed by atoms with van der Waals surface area (Å²) >= 11 is 0. The first-order chi connectivity index (χ1) is 13.6. The Hall–Kier alpha value is -1.81. The average molecular weight is 449 g/mol. The summed E-state index contributed by atoms with van der Waals surface area (Å²) in [4.78, 5) is 13.0. The third-order valence-electron chi connectivity index (χ3n) is 6.23.